The number of nitrogens with zero attached hydrogens (tertiary/aromatic N) is 4. The zero-order valence-corrected chi connectivity index (χ0v) is 10.5. The molecule has 4 aromatic rings. The molecule has 19 heavy (non-hydrogen) atoms. The zero-order valence-electron chi connectivity index (χ0n) is 9.66. The summed E-state index contributed by atoms with van der Waals surface area (Å²) in [4.78, 5) is 11.5. The van der Waals surface area contributed by atoms with E-state index in [1.807, 2.05) is 30.5 Å². The number of benzene rings is 1. The van der Waals surface area contributed by atoms with Crippen LogP contribution in [0.2, 0.25) is 0 Å². The Labute approximate surface area is 111 Å². The van der Waals surface area contributed by atoms with Crippen LogP contribution in [0.5, 0.6) is 0 Å². The first-order chi connectivity index (χ1) is 9.40. The van der Waals surface area contributed by atoms with Gasteiger partial charge in [0.05, 0.1) is 17.1 Å². The van der Waals surface area contributed by atoms with E-state index in [4.69, 9.17) is 0 Å². The van der Waals surface area contributed by atoms with Gasteiger partial charge < -0.3 is 10.3 Å². The van der Waals surface area contributed by atoms with Crippen LogP contribution in [-0.4, -0.2) is 23.7 Å². The van der Waals surface area contributed by atoms with Gasteiger partial charge in [-0.15, -0.1) is 0 Å². The summed E-state index contributed by atoms with van der Waals surface area (Å²) in [7, 11) is 0. The molecule has 0 aliphatic carbocycles. The van der Waals surface area contributed by atoms with Gasteiger partial charge in [-0.2, -0.15) is 8.75 Å². The van der Waals surface area contributed by atoms with Gasteiger partial charge in [-0.3, -0.25) is 0 Å². The van der Waals surface area contributed by atoms with Crippen molar-refractivity contribution < 1.29 is 0 Å². The van der Waals surface area contributed by atoms with Crippen LogP contribution in [0.25, 0.3) is 22.1 Å². The molecule has 0 saturated heterocycles. The number of hydrogen-bond donors (Lipinski definition) is 2. The third-order valence-corrected chi connectivity index (χ3v) is 3.43. The molecule has 3 aromatic heterocycles. The minimum Gasteiger partial charge on any atom is -0.346 e. The molecule has 2 N–H and O–H groups in total. The van der Waals surface area contributed by atoms with E-state index >= 15 is 0 Å². The van der Waals surface area contributed by atoms with Crippen molar-refractivity contribution in [3.63, 3.8) is 0 Å². The number of aromatic nitrogens is 5. The van der Waals surface area contributed by atoms with E-state index in [1.54, 1.807) is 0 Å². The Balaban J connectivity index is 1.79. The molecule has 0 fully saturated rings. The number of anilines is 2. The lowest BCUT2D eigenvalue weighted by Crippen LogP contribution is -1.94. The van der Waals surface area contributed by atoms with E-state index in [9.17, 15) is 0 Å². The van der Waals surface area contributed by atoms with E-state index in [0.29, 0.717) is 0 Å². The molecule has 0 amide bonds. The summed E-state index contributed by atoms with van der Waals surface area (Å²) in [6.45, 7) is 0. The van der Waals surface area contributed by atoms with Crippen LogP contribution in [-0.2, 0) is 0 Å². The second kappa shape index (κ2) is 3.99. The predicted octanol–water partition coefficient (Wildman–Crippen LogP) is 2.71. The molecule has 1 aromatic carbocycles. The predicted molar refractivity (Wildman–Crippen MR) is 74.6 cm³/mol. The highest BCUT2D eigenvalue weighted by Gasteiger charge is 2.06. The molecule has 0 saturated carbocycles. The molecular formula is C12H8N6S. The highest BCUT2D eigenvalue weighted by Crippen LogP contribution is 2.24. The number of aromatic amines is 1. The molecule has 0 spiro atoms. The SMILES string of the molecule is c1nc(Nc2ccc3nsnc3c2)c2cc[nH]c2n1. The molecular weight excluding hydrogens is 260 g/mol. The highest BCUT2D eigenvalue weighted by molar-refractivity contribution is 7.00. The fraction of sp³-hybridized carbons (Fsp3) is 0. The third-order valence-electron chi connectivity index (χ3n) is 2.87. The molecule has 0 radical (unpaired) electrons. The van der Waals surface area contributed by atoms with Gasteiger partial charge in [0.15, 0.2) is 0 Å². The summed E-state index contributed by atoms with van der Waals surface area (Å²) in [5.41, 5.74) is 3.54. The van der Waals surface area contributed by atoms with Crippen LogP contribution >= 0.6 is 11.7 Å². The Morgan fingerprint density at radius 2 is 2.00 bits per heavy atom. The van der Waals surface area contributed by atoms with Gasteiger partial charge in [0.25, 0.3) is 0 Å². The summed E-state index contributed by atoms with van der Waals surface area (Å²) >= 11 is 1.21. The molecule has 4 rings (SSSR count). The summed E-state index contributed by atoms with van der Waals surface area (Å²) in [5.74, 6) is 0.772. The molecule has 0 atom stereocenters. The lowest BCUT2D eigenvalue weighted by atomic mass is 10.2. The van der Waals surface area contributed by atoms with Crippen molar-refractivity contribution in [2.75, 3.05) is 5.32 Å². The fourth-order valence-electron chi connectivity index (χ4n) is 1.97. The van der Waals surface area contributed by atoms with Crippen LogP contribution in [0.4, 0.5) is 11.5 Å². The van der Waals surface area contributed by atoms with Crippen molar-refractivity contribution in [2.45, 2.75) is 0 Å². The molecule has 92 valence electrons. The zero-order chi connectivity index (χ0) is 12.7. The maximum atomic E-state index is 4.27. The number of H-pyrrole nitrogens is 1. The molecule has 0 aliphatic rings. The quantitative estimate of drug-likeness (QED) is 0.584. The number of rotatable bonds is 2. The van der Waals surface area contributed by atoms with Crippen molar-refractivity contribution >= 4 is 45.3 Å². The monoisotopic (exact) mass is 268 g/mol. The lowest BCUT2D eigenvalue weighted by molar-refractivity contribution is 1.20. The van der Waals surface area contributed by atoms with Gasteiger partial charge in [-0.05, 0) is 24.3 Å². The summed E-state index contributed by atoms with van der Waals surface area (Å²) < 4.78 is 8.41. The minimum atomic E-state index is 0.772. The normalized spacial score (nSPS) is 11.2. The molecule has 0 aliphatic heterocycles. The maximum Gasteiger partial charge on any atom is 0.143 e. The topological polar surface area (TPSA) is 79.4 Å². The van der Waals surface area contributed by atoms with E-state index in [-0.39, 0.29) is 0 Å². The van der Waals surface area contributed by atoms with E-state index < -0.39 is 0 Å². The number of nitrogens with one attached hydrogen (secondary N) is 2. The van der Waals surface area contributed by atoms with Crippen LogP contribution in [0, 0.1) is 0 Å². The van der Waals surface area contributed by atoms with Gasteiger partial charge in [-0.25, -0.2) is 9.97 Å². The molecule has 0 bridgehead atoms. The van der Waals surface area contributed by atoms with E-state index in [1.165, 1.54) is 18.1 Å². The molecule has 7 heteroatoms. The van der Waals surface area contributed by atoms with Gasteiger partial charge in [0, 0.05) is 11.9 Å². The standard InChI is InChI=1S/C12H8N6S/c1-2-9-10(18-19-17-9)5-7(1)16-12-8-3-4-13-11(8)14-6-15-12/h1-6H,(H2,13,14,15,16). The largest absolute Gasteiger partial charge is 0.346 e. The average molecular weight is 268 g/mol. The van der Waals surface area contributed by atoms with Crippen molar-refractivity contribution in [1.29, 1.82) is 0 Å². The van der Waals surface area contributed by atoms with Crippen LogP contribution in [0.3, 0.4) is 0 Å². The van der Waals surface area contributed by atoms with E-state index in [0.717, 1.165) is 33.6 Å². The van der Waals surface area contributed by atoms with Crippen molar-refractivity contribution in [2.24, 2.45) is 0 Å². The Hall–Kier alpha value is -2.54. The van der Waals surface area contributed by atoms with Gasteiger partial charge >= 0.3 is 0 Å². The van der Waals surface area contributed by atoms with Crippen LogP contribution in [0.1, 0.15) is 0 Å². The second-order valence-electron chi connectivity index (χ2n) is 4.05. The van der Waals surface area contributed by atoms with Gasteiger partial charge in [0.1, 0.15) is 28.8 Å². The maximum absolute atomic E-state index is 4.27. The van der Waals surface area contributed by atoms with Gasteiger partial charge in [-0.1, -0.05) is 0 Å². The Kier molecular flexibility index (Phi) is 2.18. The first kappa shape index (κ1) is 10.4. The Morgan fingerprint density at radius 1 is 1.05 bits per heavy atom. The smallest absolute Gasteiger partial charge is 0.143 e. The fourth-order valence-corrected chi connectivity index (χ4v) is 2.49. The third kappa shape index (κ3) is 1.71. The van der Waals surface area contributed by atoms with Crippen molar-refractivity contribution in [3.8, 4) is 0 Å². The molecule has 0 unspecified atom stereocenters. The summed E-state index contributed by atoms with van der Waals surface area (Å²) in [5, 5.41) is 4.24. The lowest BCUT2D eigenvalue weighted by Gasteiger charge is -2.05. The van der Waals surface area contributed by atoms with Crippen molar-refractivity contribution in [1.82, 2.24) is 23.7 Å². The Bertz CT molecular complexity index is 865. The highest BCUT2D eigenvalue weighted by atomic mass is 32.1. The first-order valence-corrected chi connectivity index (χ1v) is 6.40. The van der Waals surface area contributed by atoms with Crippen LogP contribution < -0.4 is 5.32 Å². The second-order valence-corrected chi connectivity index (χ2v) is 4.58. The first-order valence-electron chi connectivity index (χ1n) is 5.67. The van der Waals surface area contributed by atoms with Crippen molar-refractivity contribution in [3.05, 3.63) is 36.8 Å². The summed E-state index contributed by atoms with van der Waals surface area (Å²) in [6.07, 6.45) is 3.38. The van der Waals surface area contributed by atoms with Crippen LogP contribution in [0.15, 0.2) is 36.8 Å². The van der Waals surface area contributed by atoms with Gasteiger partial charge in [0.2, 0.25) is 0 Å². The minimum absolute atomic E-state index is 0.772. The summed E-state index contributed by atoms with van der Waals surface area (Å²) in [6, 6.07) is 7.81. The average Bonchev–Trinajstić information content (AvgIpc) is 3.06. The number of fused-ring (bicyclic) bond motifs is 2. The Morgan fingerprint density at radius 3 is 3.00 bits per heavy atom. The molecule has 6 nitrogen and oxygen atoms in total. The van der Waals surface area contributed by atoms with E-state index in [2.05, 4.69) is 29.0 Å². The number of hydrogen-bond acceptors (Lipinski definition) is 6. The molecule has 3 heterocycles.